The first-order valence-corrected chi connectivity index (χ1v) is 25.2. The number of rotatable bonds is 45. The smallest absolute Gasteiger partial charge is 0.306 e. The minimum Gasteiger partial charge on any atom is -0.462 e. The van der Waals surface area contributed by atoms with Crippen molar-refractivity contribution in [3.8, 4) is 0 Å². The molecule has 0 saturated heterocycles. The summed E-state index contributed by atoms with van der Waals surface area (Å²) in [6.45, 7) is 11.3. The molecule has 1 atom stereocenters. The number of carbonyl (C=O) groups is 3. The monoisotopic (exact) mass is 807 g/mol. The van der Waals surface area contributed by atoms with Crippen LogP contribution in [0.3, 0.4) is 0 Å². The van der Waals surface area contributed by atoms with Crippen LogP contribution in [0.5, 0.6) is 0 Å². The topological polar surface area (TPSA) is 78.9 Å². The van der Waals surface area contributed by atoms with Crippen LogP contribution in [-0.4, -0.2) is 37.2 Å². The summed E-state index contributed by atoms with van der Waals surface area (Å²) in [4.78, 5) is 37.8. The highest BCUT2D eigenvalue weighted by molar-refractivity contribution is 5.71. The van der Waals surface area contributed by atoms with Crippen molar-refractivity contribution in [2.75, 3.05) is 13.2 Å². The molecule has 0 unspecified atom stereocenters. The number of carbonyl (C=O) groups excluding carboxylic acids is 3. The molecule has 0 bridgehead atoms. The molecule has 6 nitrogen and oxygen atoms in total. The van der Waals surface area contributed by atoms with Gasteiger partial charge in [0.1, 0.15) is 13.2 Å². The van der Waals surface area contributed by atoms with Crippen molar-refractivity contribution in [2.45, 2.75) is 285 Å². The lowest BCUT2D eigenvalue weighted by Crippen LogP contribution is -2.30. The Hall–Kier alpha value is -1.59. The Bertz CT molecular complexity index is 870. The molecule has 0 aromatic rings. The van der Waals surface area contributed by atoms with E-state index in [1.165, 1.54) is 167 Å². The zero-order chi connectivity index (χ0) is 41.9. The van der Waals surface area contributed by atoms with Gasteiger partial charge >= 0.3 is 17.9 Å². The Morgan fingerprint density at radius 2 is 0.579 bits per heavy atom. The second-order valence-corrected chi connectivity index (χ2v) is 18.4. The van der Waals surface area contributed by atoms with Gasteiger partial charge in [-0.15, -0.1) is 0 Å². The van der Waals surface area contributed by atoms with Crippen LogP contribution in [0.2, 0.25) is 0 Å². The minimum atomic E-state index is -0.761. The molecular weight excluding hydrogens is 709 g/mol. The van der Waals surface area contributed by atoms with Crippen molar-refractivity contribution >= 4 is 17.9 Å². The van der Waals surface area contributed by atoms with Crippen molar-refractivity contribution in [3.63, 3.8) is 0 Å². The standard InChI is InChI=1S/C51H98O6/c1-6-7-8-9-10-11-12-13-14-15-20-23-26-33-38-43-51(54)57-48(45-56-50(53)42-37-32-28-27-30-35-40-47(4)5)44-55-49(52)41-36-31-25-22-19-17-16-18-21-24-29-34-39-46(2)3/h46-48H,6-45H2,1-5H3/t48-/m1/s1. The Labute approximate surface area is 355 Å². The number of ether oxygens (including phenoxy) is 3. The van der Waals surface area contributed by atoms with E-state index in [9.17, 15) is 14.4 Å². The summed E-state index contributed by atoms with van der Waals surface area (Å²) >= 11 is 0. The van der Waals surface area contributed by atoms with E-state index in [0.29, 0.717) is 19.3 Å². The van der Waals surface area contributed by atoms with Gasteiger partial charge in [-0.1, -0.05) is 240 Å². The Balaban J connectivity index is 4.28. The van der Waals surface area contributed by atoms with E-state index in [1.54, 1.807) is 0 Å². The second-order valence-electron chi connectivity index (χ2n) is 18.4. The van der Waals surface area contributed by atoms with Crippen LogP contribution in [0.1, 0.15) is 279 Å². The van der Waals surface area contributed by atoms with Gasteiger partial charge in [-0.25, -0.2) is 0 Å². The van der Waals surface area contributed by atoms with Gasteiger partial charge in [0.15, 0.2) is 6.10 Å². The molecule has 0 heterocycles. The fourth-order valence-corrected chi connectivity index (χ4v) is 7.64. The van der Waals surface area contributed by atoms with Crippen LogP contribution in [0.4, 0.5) is 0 Å². The molecule has 0 aromatic carbocycles. The number of hydrogen-bond donors (Lipinski definition) is 0. The lowest BCUT2D eigenvalue weighted by atomic mass is 10.0. The molecule has 6 heteroatoms. The average molecular weight is 807 g/mol. The van der Waals surface area contributed by atoms with Crippen LogP contribution in [0, 0.1) is 11.8 Å². The van der Waals surface area contributed by atoms with Crippen LogP contribution in [0.15, 0.2) is 0 Å². The SMILES string of the molecule is CCCCCCCCCCCCCCCCCC(=O)O[C@H](COC(=O)CCCCCCCCCCCCCCC(C)C)COC(=O)CCCCCCCCC(C)C. The van der Waals surface area contributed by atoms with E-state index >= 15 is 0 Å². The second kappa shape index (κ2) is 44.0. The van der Waals surface area contributed by atoms with E-state index in [2.05, 4.69) is 34.6 Å². The molecule has 0 N–H and O–H groups in total. The van der Waals surface area contributed by atoms with Gasteiger partial charge in [0, 0.05) is 19.3 Å². The largest absolute Gasteiger partial charge is 0.462 e. The maximum absolute atomic E-state index is 12.8. The molecule has 0 rings (SSSR count). The first-order chi connectivity index (χ1) is 27.7. The first kappa shape index (κ1) is 55.4. The highest BCUT2D eigenvalue weighted by Gasteiger charge is 2.19. The summed E-state index contributed by atoms with van der Waals surface area (Å²) in [6.07, 6.45) is 43.9. The molecule has 0 saturated carbocycles. The highest BCUT2D eigenvalue weighted by atomic mass is 16.6. The lowest BCUT2D eigenvalue weighted by Gasteiger charge is -2.18. The van der Waals surface area contributed by atoms with Gasteiger partial charge in [0.05, 0.1) is 0 Å². The van der Waals surface area contributed by atoms with Crippen molar-refractivity contribution in [2.24, 2.45) is 11.8 Å². The van der Waals surface area contributed by atoms with Gasteiger partial charge in [-0.05, 0) is 31.1 Å². The van der Waals surface area contributed by atoms with Crippen LogP contribution >= 0.6 is 0 Å². The predicted octanol–water partition coefficient (Wildman–Crippen LogP) is 16.1. The van der Waals surface area contributed by atoms with Gasteiger partial charge < -0.3 is 14.2 Å². The van der Waals surface area contributed by atoms with Crippen LogP contribution < -0.4 is 0 Å². The van der Waals surface area contributed by atoms with Crippen LogP contribution in [-0.2, 0) is 28.6 Å². The summed E-state index contributed by atoms with van der Waals surface area (Å²) in [5, 5.41) is 0. The Morgan fingerprint density at radius 3 is 0.860 bits per heavy atom. The maximum Gasteiger partial charge on any atom is 0.306 e. The fourth-order valence-electron chi connectivity index (χ4n) is 7.64. The van der Waals surface area contributed by atoms with Gasteiger partial charge in [0.25, 0.3) is 0 Å². The number of esters is 3. The van der Waals surface area contributed by atoms with Crippen molar-refractivity contribution in [1.82, 2.24) is 0 Å². The van der Waals surface area contributed by atoms with E-state index in [0.717, 1.165) is 69.6 Å². The summed E-state index contributed by atoms with van der Waals surface area (Å²) in [7, 11) is 0. The third-order valence-corrected chi connectivity index (χ3v) is 11.5. The third-order valence-electron chi connectivity index (χ3n) is 11.5. The van der Waals surface area contributed by atoms with Gasteiger partial charge in [-0.3, -0.25) is 14.4 Å². The third kappa shape index (κ3) is 45.3. The summed E-state index contributed by atoms with van der Waals surface area (Å²) in [5.41, 5.74) is 0. The summed E-state index contributed by atoms with van der Waals surface area (Å²) < 4.78 is 16.8. The zero-order valence-corrected chi connectivity index (χ0v) is 39.0. The Morgan fingerprint density at radius 1 is 0.333 bits per heavy atom. The van der Waals surface area contributed by atoms with Crippen LogP contribution in [0.25, 0.3) is 0 Å². The van der Waals surface area contributed by atoms with E-state index in [4.69, 9.17) is 14.2 Å². The van der Waals surface area contributed by atoms with Crippen molar-refractivity contribution < 1.29 is 28.6 Å². The molecule has 57 heavy (non-hydrogen) atoms. The van der Waals surface area contributed by atoms with Gasteiger partial charge in [0.2, 0.25) is 0 Å². The quantitative estimate of drug-likeness (QED) is 0.0346. The lowest BCUT2D eigenvalue weighted by molar-refractivity contribution is -0.167. The van der Waals surface area contributed by atoms with E-state index < -0.39 is 6.10 Å². The Kier molecular flexibility index (Phi) is 42.7. The van der Waals surface area contributed by atoms with Crippen molar-refractivity contribution in [1.29, 1.82) is 0 Å². The van der Waals surface area contributed by atoms with E-state index in [1.807, 2.05) is 0 Å². The molecule has 0 amide bonds. The summed E-state index contributed by atoms with van der Waals surface area (Å²) in [6, 6.07) is 0. The predicted molar refractivity (Wildman–Crippen MR) is 243 cm³/mol. The molecule has 0 radical (unpaired) electrons. The minimum absolute atomic E-state index is 0.0647. The molecular formula is C51H98O6. The van der Waals surface area contributed by atoms with E-state index in [-0.39, 0.29) is 31.1 Å². The van der Waals surface area contributed by atoms with Crippen molar-refractivity contribution in [3.05, 3.63) is 0 Å². The first-order valence-electron chi connectivity index (χ1n) is 25.2. The maximum atomic E-state index is 12.8. The average Bonchev–Trinajstić information content (AvgIpc) is 3.18. The van der Waals surface area contributed by atoms with Gasteiger partial charge in [-0.2, -0.15) is 0 Å². The molecule has 0 aliphatic heterocycles. The fraction of sp³-hybridized carbons (Fsp3) is 0.941. The molecule has 338 valence electrons. The molecule has 0 aliphatic carbocycles. The highest BCUT2D eigenvalue weighted by Crippen LogP contribution is 2.17. The zero-order valence-electron chi connectivity index (χ0n) is 39.0. The number of hydrogen-bond acceptors (Lipinski definition) is 6. The summed E-state index contributed by atoms with van der Waals surface area (Å²) in [5.74, 6) is 0.743. The number of unbranched alkanes of at least 4 members (excludes halogenated alkanes) is 30. The normalized spacial score (nSPS) is 12.1. The molecule has 0 aromatic heterocycles. The molecule has 0 aliphatic rings. The molecule has 0 fully saturated rings. The molecule has 0 spiro atoms.